The van der Waals surface area contributed by atoms with Crippen LogP contribution in [0.4, 0.5) is 4.79 Å². The number of carbonyl (C=O) groups excluding carboxylic acids is 2. The number of ether oxygens (including phenoxy) is 1. The van der Waals surface area contributed by atoms with Gasteiger partial charge in [-0.25, -0.2) is 4.79 Å². The van der Waals surface area contributed by atoms with E-state index in [0.29, 0.717) is 13.1 Å². The van der Waals surface area contributed by atoms with Gasteiger partial charge in [0.15, 0.2) is 0 Å². The van der Waals surface area contributed by atoms with Gasteiger partial charge in [0.25, 0.3) is 0 Å². The lowest BCUT2D eigenvalue weighted by Crippen LogP contribution is -2.40. The number of likely N-dealkylation sites (tertiary alicyclic amines) is 2. The average molecular weight is 304 g/mol. The Morgan fingerprint density at radius 2 is 2.14 bits per heavy atom. The fourth-order valence-electron chi connectivity index (χ4n) is 3.54. The molecule has 2 fully saturated rings. The van der Waals surface area contributed by atoms with Crippen LogP contribution in [0.5, 0.6) is 0 Å². The summed E-state index contributed by atoms with van der Waals surface area (Å²) < 4.78 is 5.38. The fourth-order valence-corrected chi connectivity index (χ4v) is 3.54. The molecule has 2 unspecified atom stereocenters. The molecule has 3 atom stereocenters. The van der Waals surface area contributed by atoms with Gasteiger partial charge in [0.05, 0.1) is 12.1 Å². The largest absolute Gasteiger partial charge is 0.445 e. The highest BCUT2D eigenvalue weighted by atomic mass is 16.6. The topological polar surface area (TPSA) is 70.1 Å². The Morgan fingerprint density at radius 3 is 2.82 bits per heavy atom. The van der Waals surface area contributed by atoms with E-state index < -0.39 is 0 Å². The van der Waals surface area contributed by atoms with Crippen LogP contribution < -0.4 is 0 Å². The Bertz CT molecular complexity index is 536. The SMILES string of the molecule is O=CN1CCC2C1[C@@H](CO)CN2C(=O)OCc1ccccc1. The molecule has 2 aliphatic rings. The number of fused-ring (bicyclic) bond motifs is 1. The van der Waals surface area contributed by atoms with Gasteiger partial charge in [-0.3, -0.25) is 4.79 Å². The maximum absolute atomic E-state index is 12.3. The number of aliphatic hydroxyl groups excluding tert-OH is 1. The van der Waals surface area contributed by atoms with E-state index in [4.69, 9.17) is 4.74 Å². The quantitative estimate of drug-likeness (QED) is 0.837. The van der Waals surface area contributed by atoms with Crippen molar-refractivity contribution in [1.29, 1.82) is 0 Å². The maximum Gasteiger partial charge on any atom is 0.410 e. The van der Waals surface area contributed by atoms with Crippen LogP contribution in [-0.4, -0.2) is 59.2 Å². The smallest absolute Gasteiger partial charge is 0.410 e. The van der Waals surface area contributed by atoms with E-state index in [1.165, 1.54) is 0 Å². The average Bonchev–Trinajstić information content (AvgIpc) is 3.13. The zero-order chi connectivity index (χ0) is 15.5. The third-order valence-electron chi connectivity index (χ3n) is 4.58. The van der Waals surface area contributed by atoms with Gasteiger partial charge in [-0.1, -0.05) is 30.3 Å². The molecule has 2 aliphatic heterocycles. The van der Waals surface area contributed by atoms with Crippen molar-refractivity contribution in [3.63, 3.8) is 0 Å². The molecule has 1 aromatic rings. The predicted octanol–water partition coefficient (Wildman–Crippen LogP) is 0.847. The molecule has 2 saturated heterocycles. The first-order valence-electron chi connectivity index (χ1n) is 7.54. The molecular weight excluding hydrogens is 284 g/mol. The molecule has 2 heterocycles. The van der Waals surface area contributed by atoms with Crippen molar-refractivity contribution in [2.24, 2.45) is 5.92 Å². The first-order valence-corrected chi connectivity index (χ1v) is 7.54. The number of aliphatic hydroxyl groups is 1. The highest BCUT2D eigenvalue weighted by Gasteiger charge is 2.50. The summed E-state index contributed by atoms with van der Waals surface area (Å²) in [6.07, 6.45) is 1.18. The van der Waals surface area contributed by atoms with Crippen molar-refractivity contribution in [2.45, 2.75) is 25.1 Å². The van der Waals surface area contributed by atoms with E-state index in [-0.39, 0.29) is 37.3 Å². The second-order valence-electron chi connectivity index (χ2n) is 5.83. The lowest BCUT2D eigenvalue weighted by Gasteiger charge is -2.24. The van der Waals surface area contributed by atoms with Gasteiger partial charge in [0.2, 0.25) is 6.41 Å². The monoisotopic (exact) mass is 304 g/mol. The number of hydrogen-bond acceptors (Lipinski definition) is 4. The molecular formula is C16H20N2O4. The van der Waals surface area contributed by atoms with E-state index in [9.17, 15) is 14.7 Å². The summed E-state index contributed by atoms with van der Waals surface area (Å²) in [6, 6.07) is 9.37. The molecule has 6 heteroatoms. The highest BCUT2D eigenvalue weighted by Crippen LogP contribution is 2.35. The van der Waals surface area contributed by atoms with Crippen LogP contribution in [0.15, 0.2) is 30.3 Å². The third kappa shape index (κ3) is 2.66. The van der Waals surface area contributed by atoms with Crippen LogP contribution in [0.2, 0.25) is 0 Å². The van der Waals surface area contributed by atoms with Crippen LogP contribution in [0.3, 0.4) is 0 Å². The summed E-state index contributed by atoms with van der Waals surface area (Å²) in [5.41, 5.74) is 0.936. The zero-order valence-electron chi connectivity index (χ0n) is 12.3. The van der Waals surface area contributed by atoms with E-state index in [1.54, 1.807) is 9.80 Å². The van der Waals surface area contributed by atoms with Crippen molar-refractivity contribution in [1.82, 2.24) is 9.80 Å². The summed E-state index contributed by atoms with van der Waals surface area (Å²) in [6.45, 7) is 1.25. The number of benzene rings is 1. The van der Waals surface area contributed by atoms with Gasteiger partial charge in [-0.15, -0.1) is 0 Å². The Hall–Kier alpha value is -2.08. The molecule has 0 radical (unpaired) electrons. The maximum atomic E-state index is 12.3. The Morgan fingerprint density at radius 1 is 1.36 bits per heavy atom. The van der Waals surface area contributed by atoms with Crippen LogP contribution in [0.1, 0.15) is 12.0 Å². The molecule has 0 saturated carbocycles. The number of amides is 2. The molecule has 22 heavy (non-hydrogen) atoms. The van der Waals surface area contributed by atoms with Crippen LogP contribution in [-0.2, 0) is 16.1 Å². The Balaban J connectivity index is 1.64. The number of carbonyl (C=O) groups is 2. The van der Waals surface area contributed by atoms with Crippen LogP contribution in [0, 0.1) is 5.92 Å². The number of hydrogen-bond donors (Lipinski definition) is 1. The van der Waals surface area contributed by atoms with Crippen molar-refractivity contribution in [3.05, 3.63) is 35.9 Å². The van der Waals surface area contributed by atoms with Crippen LogP contribution in [0.25, 0.3) is 0 Å². The van der Waals surface area contributed by atoms with E-state index in [0.717, 1.165) is 18.4 Å². The lowest BCUT2D eigenvalue weighted by atomic mass is 10.0. The molecule has 6 nitrogen and oxygen atoms in total. The van der Waals surface area contributed by atoms with Crippen molar-refractivity contribution >= 4 is 12.5 Å². The lowest BCUT2D eigenvalue weighted by molar-refractivity contribution is -0.119. The van der Waals surface area contributed by atoms with Crippen LogP contribution >= 0.6 is 0 Å². The number of nitrogens with zero attached hydrogens (tertiary/aromatic N) is 2. The minimum Gasteiger partial charge on any atom is -0.445 e. The third-order valence-corrected chi connectivity index (χ3v) is 4.58. The molecule has 1 N–H and O–H groups in total. The van der Waals surface area contributed by atoms with Gasteiger partial charge in [-0.05, 0) is 12.0 Å². The van der Waals surface area contributed by atoms with Gasteiger partial charge in [0.1, 0.15) is 6.61 Å². The predicted molar refractivity (Wildman–Crippen MR) is 78.9 cm³/mol. The second kappa shape index (κ2) is 6.36. The highest BCUT2D eigenvalue weighted by molar-refractivity contribution is 5.69. The van der Waals surface area contributed by atoms with Gasteiger partial charge in [0, 0.05) is 25.6 Å². The molecule has 2 amide bonds. The van der Waals surface area contributed by atoms with Crippen molar-refractivity contribution in [2.75, 3.05) is 19.7 Å². The van der Waals surface area contributed by atoms with Crippen molar-refractivity contribution < 1.29 is 19.4 Å². The minimum absolute atomic E-state index is 0.0338. The first kappa shape index (κ1) is 14.8. The Labute approximate surface area is 129 Å². The molecule has 0 bridgehead atoms. The van der Waals surface area contributed by atoms with Gasteiger partial charge < -0.3 is 19.6 Å². The molecule has 0 aliphatic carbocycles. The minimum atomic E-state index is -0.373. The Kier molecular flexibility index (Phi) is 4.29. The summed E-state index contributed by atoms with van der Waals surface area (Å²) in [5, 5.41) is 9.51. The first-order chi connectivity index (χ1) is 10.7. The summed E-state index contributed by atoms with van der Waals surface area (Å²) in [7, 11) is 0. The fraction of sp³-hybridized carbons (Fsp3) is 0.500. The van der Waals surface area contributed by atoms with Gasteiger partial charge >= 0.3 is 6.09 Å². The van der Waals surface area contributed by atoms with E-state index in [2.05, 4.69) is 0 Å². The second-order valence-corrected chi connectivity index (χ2v) is 5.83. The summed E-state index contributed by atoms with van der Waals surface area (Å²) in [4.78, 5) is 26.8. The standard InChI is InChI=1S/C16H20N2O4/c19-9-13-8-18(14-6-7-17(11-20)15(13)14)16(21)22-10-12-4-2-1-3-5-12/h1-5,11,13-15,19H,6-10H2/t13-,14?,15?/m1/s1. The zero-order valence-corrected chi connectivity index (χ0v) is 12.3. The molecule has 1 aromatic carbocycles. The molecule has 0 spiro atoms. The van der Waals surface area contributed by atoms with Crippen molar-refractivity contribution in [3.8, 4) is 0 Å². The van der Waals surface area contributed by atoms with E-state index >= 15 is 0 Å². The summed E-state index contributed by atoms with van der Waals surface area (Å²) in [5.74, 6) is -0.0954. The molecule has 0 aromatic heterocycles. The summed E-state index contributed by atoms with van der Waals surface area (Å²) >= 11 is 0. The van der Waals surface area contributed by atoms with Gasteiger partial charge in [-0.2, -0.15) is 0 Å². The molecule has 118 valence electrons. The van der Waals surface area contributed by atoms with E-state index in [1.807, 2.05) is 30.3 Å². The normalized spacial score (nSPS) is 26.9. The molecule has 3 rings (SSSR count). The number of rotatable bonds is 4.